The van der Waals surface area contributed by atoms with Gasteiger partial charge in [0, 0.05) is 50.1 Å². The highest BCUT2D eigenvalue weighted by atomic mass is 16.6. The van der Waals surface area contributed by atoms with Crippen LogP contribution in [0, 0.1) is 24.0 Å². The highest BCUT2D eigenvalue weighted by Gasteiger charge is 2.24. The van der Waals surface area contributed by atoms with Crippen molar-refractivity contribution < 1.29 is 9.72 Å². The second-order valence-electron chi connectivity index (χ2n) is 6.00. The van der Waals surface area contributed by atoms with E-state index in [1.54, 1.807) is 11.1 Å². The number of benzene rings is 1. The molecular formula is C17H19N5O3. The molecule has 1 aromatic carbocycles. The van der Waals surface area contributed by atoms with Crippen LogP contribution in [0.3, 0.4) is 0 Å². The summed E-state index contributed by atoms with van der Waals surface area (Å²) in [6.45, 7) is 6.34. The van der Waals surface area contributed by atoms with Crippen molar-refractivity contribution in [1.29, 1.82) is 0 Å². The van der Waals surface area contributed by atoms with E-state index in [-0.39, 0.29) is 11.6 Å². The number of piperazine rings is 1. The third kappa shape index (κ3) is 3.57. The number of nitro groups is 1. The lowest BCUT2D eigenvalue weighted by atomic mass is 10.1. The standard InChI is InChI=1S/C17H19N5O3/c1-12-11-18-13(2)16(19-12)20-7-9-21(10-8-20)17(23)14-3-5-15(6-4-14)22(24)25/h3-6,11H,7-10H2,1-2H3. The van der Waals surface area contributed by atoms with E-state index in [4.69, 9.17) is 0 Å². The number of aromatic nitrogens is 2. The second-order valence-corrected chi connectivity index (χ2v) is 6.00. The zero-order valence-electron chi connectivity index (χ0n) is 14.2. The van der Waals surface area contributed by atoms with Crippen LogP contribution in [-0.4, -0.2) is 51.9 Å². The number of nitrogens with zero attached hydrogens (tertiary/aromatic N) is 5. The predicted molar refractivity (Wildman–Crippen MR) is 92.7 cm³/mol. The summed E-state index contributed by atoms with van der Waals surface area (Å²) in [6.07, 6.45) is 1.74. The van der Waals surface area contributed by atoms with Gasteiger partial charge < -0.3 is 9.80 Å². The number of amides is 1. The molecule has 0 spiro atoms. The average Bonchev–Trinajstić information content (AvgIpc) is 2.63. The van der Waals surface area contributed by atoms with Crippen molar-refractivity contribution in [2.75, 3.05) is 31.1 Å². The van der Waals surface area contributed by atoms with Gasteiger partial charge in [0.1, 0.15) is 5.82 Å². The number of nitro benzene ring substituents is 1. The molecule has 130 valence electrons. The molecule has 0 N–H and O–H groups in total. The van der Waals surface area contributed by atoms with Crippen molar-refractivity contribution in [3.8, 4) is 0 Å². The molecule has 0 bridgehead atoms. The maximum absolute atomic E-state index is 12.6. The van der Waals surface area contributed by atoms with Gasteiger partial charge in [-0.3, -0.25) is 19.9 Å². The zero-order valence-corrected chi connectivity index (χ0v) is 14.2. The molecule has 0 atom stereocenters. The first-order chi connectivity index (χ1) is 12.0. The third-order valence-corrected chi connectivity index (χ3v) is 4.24. The molecule has 0 aliphatic carbocycles. The van der Waals surface area contributed by atoms with E-state index in [0.29, 0.717) is 31.7 Å². The summed E-state index contributed by atoms with van der Waals surface area (Å²) in [7, 11) is 0. The van der Waals surface area contributed by atoms with E-state index in [1.807, 2.05) is 13.8 Å². The summed E-state index contributed by atoms with van der Waals surface area (Å²) in [5.74, 6) is 0.754. The Balaban J connectivity index is 1.66. The van der Waals surface area contributed by atoms with Crippen molar-refractivity contribution >= 4 is 17.4 Å². The van der Waals surface area contributed by atoms with E-state index in [2.05, 4.69) is 14.9 Å². The fourth-order valence-corrected chi connectivity index (χ4v) is 2.85. The summed E-state index contributed by atoms with van der Waals surface area (Å²) in [5, 5.41) is 10.7. The van der Waals surface area contributed by atoms with Gasteiger partial charge in [0.05, 0.1) is 16.3 Å². The fraction of sp³-hybridized carbons (Fsp3) is 0.353. The number of hydrogen-bond acceptors (Lipinski definition) is 6. The Kier molecular flexibility index (Phi) is 4.60. The lowest BCUT2D eigenvalue weighted by molar-refractivity contribution is -0.384. The van der Waals surface area contributed by atoms with Crippen LogP contribution in [0.15, 0.2) is 30.5 Å². The lowest BCUT2D eigenvalue weighted by Gasteiger charge is -2.36. The zero-order chi connectivity index (χ0) is 18.0. The predicted octanol–water partition coefficient (Wildman–Crippen LogP) is 1.96. The van der Waals surface area contributed by atoms with Gasteiger partial charge in [0.15, 0.2) is 0 Å². The molecule has 8 nitrogen and oxygen atoms in total. The van der Waals surface area contributed by atoms with Gasteiger partial charge >= 0.3 is 0 Å². The molecule has 1 amide bonds. The van der Waals surface area contributed by atoms with E-state index in [9.17, 15) is 14.9 Å². The van der Waals surface area contributed by atoms with Crippen molar-refractivity contribution in [3.63, 3.8) is 0 Å². The highest BCUT2D eigenvalue weighted by molar-refractivity contribution is 5.94. The molecule has 0 radical (unpaired) electrons. The molecule has 1 aromatic heterocycles. The molecular weight excluding hydrogens is 322 g/mol. The molecule has 2 aromatic rings. The quantitative estimate of drug-likeness (QED) is 0.626. The van der Waals surface area contributed by atoms with Crippen LogP contribution in [0.4, 0.5) is 11.5 Å². The summed E-state index contributed by atoms with van der Waals surface area (Å²) >= 11 is 0. The minimum absolute atomic E-state index is 0.0186. The number of carbonyl (C=O) groups excluding carboxylic acids is 1. The van der Waals surface area contributed by atoms with Gasteiger partial charge in [-0.2, -0.15) is 0 Å². The van der Waals surface area contributed by atoms with Gasteiger partial charge in [-0.1, -0.05) is 0 Å². The van der Waals surface area contributed by atoms with Crippen LogP contribution in [0.2, 0.25) is 0 Å². The van der Waals surface area contributed by atoms with Crippen LogP contribution in [0.1, 0.15) is 21.7 Å². The Labute approximate surface area is 145 Å². The molecule has 1 aliphatic heterocycles. The van der Waals surface area contributed by atoms with Crippen LogP contribution in [0.5, 0.6) is 0 Å². The number of anilines is 1. The number of aryl methyl sites for hydroxylation is 2. The number of hydrogen-bond donors (Lipinski definition) is 0. The van der Waals surface area contributed by atoms with Gasteiger partial charge in [-0.25, -0.2) is 4.98 Å². The molecule has 3 rings (SSSR count). The fourth-order valence-electron chi connectivity index (χ4n) is 2.85. The summed E-state index contributed by atoms with van der Waals surface area (Å²) < 4.78 is 0. The monoisotopic (exact) mass is 341 g/mol. The lowest BCUT2D eigenvalue weighted by Crippen LogP contribution is -2.49. The van der Waals surface area contributed by atoms with E-state index in [1.165, 1.54) is 24.3 Å². The molecule has 2 heterocycles. The summed E-state index contributed by atoms with van der Waals surface area (Å²) in [4.78, 5) is 35.6. The van der Waals surface area contributed by atoms with Crippen molar-refractivity contribution in [2.24, 2.45) is 0 Å². The van der Waals surface area contributed by atoms with E-state index < -0.39 is 4.92 Å². The average molecular weight is 341 g/mol. The summed E-state index contributed by atoms with van der Waals surface area (Å²) in [5.41, 5.74) is 2.19. The van der Waals surface area contributed by atoms with Gasteiger partial charge in [-0.15, -0.1) is 0 Å². The van der Waals surface area contributed by atoms with Crippen molar-refractivity contribution in [1.82, 2.24) is 14.9 Å². The Hall–Kier alpha value is -3.03. The Bertz CT molecular complexity index is 798. The van der Waals surface area contributed by atoms with Crippen molar-refractivity contribution in [3.05, 3.63) is 57.5 Å². The van der Waals surface area contributed by atoms with E-state index in [0.717, 1.165) is 17.2 Å². The molecule has 8 heteroatoms. The molecule has 1 fully saturated rings. The Morgan fingerprint density at radius 3 is 2.36 bits per heavy atom. The Morgan fingerprint density at radius 1 is 1.12 bits per heavy atom. The molecule has 25 heavy (non-hydrogen) atoms. The van der Waals surface area contributed by atoms with E-state index >= 15 is 0 Å². The first-order valence-electron chi connectivity index (χ1n) is 8.04. The maximum atomic E-state index is 12.6. The first kappa shape index (κ1) is 16.8. The van der Waals surface area contributed by atoms with Gasteiger partial charge in [0.2, 0.25) is 0 Å². The van der Waals surface area contributed by atoms with Crippen LogP contribution < -0.4 is 4.90 Å². The van der Waals surface area contributed by atoms with Gasteiger partial charge in [-0.05, 0) is 26.0 Å². The third-order valence-electron chi connectivity index (χ3n) is 4.24. The number of rotatable bonds is 3. The molecule has 0 saturated carbocycles. The maximum Gasteiger partial charge on any atom is 0.269 e. The van der Waals surface area contributed by atoms with Crippen molar-refractivity contribution in [2.45, 2.75) is 13.8 Å². The first-order valence-corrected chi connectivity index (χ1v) is 8.04. The molecule has 1 saturated heterocycles. The van der Waals surface area contributed by atoms with Crippen LogP contribution >= 0.6 is 0 Å². The normalized spacial score (nSPS) is 14.5. The number of carbonyl (C=O) groups is 1. The van der Waals surface area contributed by atoms with Crippen LogP contribution in [0.25, 0.3) is 0 Å². The molecule has 1 aliphatic rings. The molecule has 0 unspecified atom stereocenters. The Morgan fingerprint density at radius 2 is 1.76 bits per heavy atom. The van der Waals surface area contributed by atoms with Crippen LogP contribution in [-0.2, 0) is 0 Å². The second kappa shape index (κ2) is 6.84. The van der Waals surface area contributed by atoms with Gasteiger partial charge in [0.25, 0.3) is 11.6 Å². The largest absolute Gasteiger partial charge is 0.352 e. The highest BCUT2D eigenvalue weighted by Crippen LogP contribution is 2.19. The minimum atomic E-state index is -0.474. The topological polar surface area (TPSA) is 92.5 Å². The minimum Gasteiger partial charge on any atom is -0.352 e. The SMILES string of the molecule is Cc1cnc(C)c(N2CCN(C(=O)c3ccc([N+](=O)[O-])cc3)CC2)n1. The number of non-ortho nitro benzene ring substituents is 1. The smallest absolute Gasteiger partial charge is 0.269 e. The summed E-state index contributed by atoms with van der Waals surface area (Å²) in [6, 6.07) is 5.72.